The number of carbonyl (C=O) groups excluding carboxylic acids is 1. The van der Waals surface area contributed by atoms with E-state index in [0.717, 1.165) is 25.9 Å². The van der Waals surface area contributed by atoms with Crippen LogP contribution in [0, 0.1) is 0 Å². The number of rotatable bonds is 4. The van der Waals surface area contributed by atoms with Crippen molar-refractivity contribution in [1.82, 2.24) is 9.80 Å². The average Bonchev–Trinajstić information content (AvgIpc) is 2.92. The first-order valence-electron chi connectivity index (χ1n) is 6.99. The zero-order chi connectivity index (χ0) is 13.0. The highest BCUT2D eigenvalue weighted by Crippen LogP contribution is 2.21. The molecule has 2 heterocycles. The Kier molecular flexibility index (Phi) is 9.76. The molecule has 2 saturated heterocycles. The van der Waals surface area contributed by atoms with E-state index >= 15 is 0 Å². The Balaban J connectivity index is 0.00000180. The van der Waals surface area contributed by atoms with Crippen LogP contribution < -0.4 is 5.73 Å². The topological polar surface area (TPSA) is 58.8 Å². The van der Waals surface area contributed by atoms with Crippen LogP contribution in [0.25, 0.3) is 0 Å². The highest BCUT2D eigenvalue weighted by molar-refractivity contribution is 5.85. The average molecular weight is 328 g/mol. The van der Waals surface area contributed by atoms with Crippen LogP contribution in [0.1, 0.15) is 25.7 Å². The molecule has 0 aromatic rings. The summed E-state index contributed by atoms with van der Waals surface area (Å²) in [7, 11) is 1.58. The first-order chi connectivity index (χ1) is 8.72. The standard InChI is InChI=1S/C13H25N3O2.2ClH/c1-18-10-12(14)13(17)16-8-4-11(5-9-16)15-6-2-3-7-15;;/h11-12H,2-10,14H2,1H3;2*1H. The fourth-order valence-corrected chi connectivity index (χ4v) is 3.04. The lowest BCUT2D eigenvalue weighted by Gasteiger charge is -2.37. The van der Waals surface area contributed by atoms with Crippen molar-refractivity contribution in [2.45, 2.75) is 37.8 Å². The number of hydrogen-bond acceptors (Lipinski definition) is 4. The minimum Gasteiger partial charge on any atom is -0.383 e. The molecule has 2 aliphatic heterocycles. The lowest BCUT2D eigenvalue weighted by Crippen LogP contribution is -2.51. The molecule has 1 unspecified atom stereocenters. The number of nitrogens with two attached hydrogens (primary N) is 1. The van der Waals surface area contributed by atoms with E-state index in [-0.39, 0.29) is 30.7 Å². The van der Waals surface area contributed by atoms with Gasteiger partial charge in [-0.2, -0.15) is 0 Å². The minimum atomic E-state index is -0.502. The van der Waals surface area contributed by atoms with Gasteiger partial charge in [0.2, 0.25) is 5.91 Å². The Morgan fingerprint density at radius 3 is 2.25 bits per heavy atom. The van der Waals surface area contributed by atoms with Crippen LogP contribution in [0.15, 0.2) is 0 Å². The van der Waals surface area contributed by atoms with Gasteiger partial charge in [-0.15, -0.1) is 24.8 Å². The Bertz CT molecular complexity index is 281. The van der Waals surface area contributed by atoms with Gasteiger partial charge in [-0.25, -0.2) is 0 Å². The molecule has 2 rings (SSSR count). The third-order valence-corrected chi connectivity index (χ3v) is 4.10. The predicted octanol–water partition coefficient (Wildman–Crippen LogP) is 0.890. The van der Waals surface area contributed by atoms with Crippen LogP contribution in [0.3, 0.4) is 0 Å². The number of amides is 1. The van der Waals surface area contributed by atoms with Crippen molar-refractivity contribution in [2.24, 2.45) is 5.73 Å². The van der Waals surface area contributed by atoms with Crippen LogP contribution in [0.5, 0.6) is 0 Å². The molecule has 0 aliphatic carbocycles. The van der Waals surface area contributed by atoms with E-state index in [1.54, 1.807) is 7.11 Å². The number of halogens is 2. The van der Waals surface area contributed by atoms with E-state index in [4.69, 9.17) is 10.5 Å². The lowest BCUT2D eigenvalue weighted by molar-refractivity contribution is -0.135. The SMILES string of the molecule is COCC(N)C(=O)N1CCC(N2CCCC2)CC1.Cl.Cl. The van der Waals surface area contributed by atoms with Gasteiger partial charge in [0.15, 0.2) is 0 Å². The molecular formula is C13H27Cl2N3O2. The summed E-state index contributed by atoms with van der Waals surface area (Å²) >= 11 is 0. The van der Waals surface area contributed by atoms with Crippen LogP contribution in [0.4, 0.5) is 0 Å². The van der Waals surface area contributed by atoms with Gasteiger partial charge in [0.25, 0.3) is 0 Å². The highest BCUT2D eigenvalue weighted by Gasteiger charge is 2.29. The number of methoxy groups -OCH3 is 1. The molecule has 1 atom stereocenters. The van der Waals surface area contributed by atoms with Crippen molar-refractivity contribution < 1.29 is 9.53 Å². The van der Waals surface area contributed by atoms with E-state index in [1.165, 1.54) is 25.9 Å². The van der Waals surface area contributed by atoms with E-state index in [2.05, 4.69) is 4.90 Å². The molecule has 2 aliphatic rings. The zero-order valence-electron chi connectivity index (χ0n) is 12.1. The fourth-order valence-electron chi connectivity index (χ4n) is 3.04. The fraction of sp³-hybridized carbons (Fsp3) is 0.923. The molecule has 0 radical (unpaired) electrons. The molecule has 0 aromatic heterocycles. The lowest BCUT2D eigenvalue weighted by atomic mass is 10.0. The maximum Gasteiger partial charge on any atom is 0.241 e. The molecule has 2 N–H and O–H groups in total. The highest BCUT2D eigenvalue weighted by atomic mass is 35.5. The maximum absolute atomic E-state index is 12.0. The van der Waals surface area contributed by atoms with Crippen LogP contribution in [-0.4, -0.2) is 67.7 Å². The normalized spacial score (nSPS) is 22.0. The Hall–Kier alpha value is -0.0700. The molecule has 2 fully saturated rings. The van der Waals surface area contributed by atoms with Crippen molar-refractivity contribution in [3.63, 3.8) is 0 Å². The predicted molar refractivity (Wildman–Crippen MR) is 84.8 cm³/mol. The van der Waals surface area contributed by atoms with Crippen LogP contribution in [0.2, 0.25) is 0 Å². The summed E-state index contributed by atoms with van der Waals surface area (Å²) in [4.78, 5) is 16.5. The van der Waals surface area contributed by atoms with Gasteiger partial charge in [0.05, 0.1) is 6.61 Å². The van der Waals surface area contributed by atoms with E-state index < -0.39 is 6.04 Å². The molecule has 0 saturated carbocycles. The number of hydrogen-bond donors (Lipinski definition) is 1. The molecular weight excluding hydrogens is 301 g/mol. The molecule has 0 spiro atoms. The van der Waals surface area contributed by atoms with E-state index in [0.29, 0.717) is 12.6 Å². The quantitative estimate of drug-likeness (QED) is 0.833. The summed E-state index contributed by atoms with van der Waals surface area (Å²) < 4.78 is 4.94. The molecule has 0 aromatic carbocycles. The summed E-state index contributed by atoms with van der Waals surface area (Å²) in [5, 5.41) is 0. The second-order valence-electron chi connectivity index (χ2n) is 5.36. The van der Waals surface area contributed by atoms with Crippen molar-refractivity contribution in [3.05, 3.63) is 0 Å². The number of likely N-dealkylation sites (tertiary alicyclic amines) is 2. The van der Waals surface area contributed by atoms with E-state index in [9.17, 15) is 4.79 Å². The second-order valence-corrected chi connectivity index (χ2v) is 5.36. The Morgan fingerprint density at radius 1 is 1.20 bits per heavy atom. The van der Waals surface area contributed by atoms with Gasteiger partial charge in [-0.3, -0.25) is 4.79 Å². The number of carbonyl (C=O) groups is 1. The van der Waals surface area contributed by atoms with Gasteiger partial charge in [0.1, 0.15) is 6.04 Å². The number of nitrogens with zero attached hydrogens (tertiary/aromatic N) is 2. The first-order valence-corrected chi connectivity index (χ1v) is 6.99. The Morgan fingerprint density at radius 2 is 1.75 bits per heavy atom. The van der Waals surface area contributed by atoms with Crippen molar-refractivity contribution in [3.8, 4) is 0 Å². The maximum atomic E-state index is 12.0. The van der Waals surface area contributed by atoms with E-state index in [1.807, 2.05) is 4.90 Å². The summed E-state index contributed by atoms with van der Waals surface area (Å²) in [5.74, 6) is 0.0386. The number of piperidine rings is 1. The van der Waals surface area contributed by atoms with Gasteiger partial charge in [0, 0.05) is 26.2 Å². The van der Waals surface area contributed by atoms with Gasteiger partial charge in [-0.05, 0) is 38.8 Å². The Labute approximate surface area is 134 Å². The zero-order valence-corrected chi connectivity index (χ0v) is 13.8. The van der Waals surface area contributed by atoms with Crippen LogP contribution in [-0.2, 0) is 9.53 Å². The molecule has 120 valence electrons. The molecule has 7 heteroatoms. The van der Waals surface area contributed by atoms with Crippen LogP contribution >= 0.6 is 24.8 Å². The summed E-state index contributed by atoms with van der Waals surface area (Å²) in [6.07, 6.45) is 4.84. The third kappa shape index (κ3) is 5.04. The van der Waals surface area contributed by atoms with Crippen molar-refractivity contribution >= 4 is 30.7 Å². The monoisotopic (exact) mass is 327 g/mol. The van der Waals surface area contributed by atoms with Gasteiger partial charge >= 0.3 is 0 Å². The van der Waals surface area contributed by atoms with Gasteiger partial charge < -0.3 is 20.3 Å². The second kappa shape index (κ2) is 9.79. The summed E-state index contributed by atoms with van der Waals surface area (Å²) in [5.41, 5.74) is 5.79. The van der Waals surface area contributed by atoms with Crippen molar-refractivity contribution in [1.29, 1.82) is 0 Å². The summed E-state index contributed by atoms with van der Waals surface area (Å²) in [6.45, 7) is 4.48. The summed E-state index contributed by atoms with van der Waals surface area (Å²) in [6, 6.07) is 0.175. The van der Waals surface area contributed by atoms with Gasteiger partial charge in [-0.1, -0.05) is 0 Å². The number of ether oxygens (including phenoxy) is 1. The first kappa shape index (κ1) is 19.9. The third-order valence-electron chi connectivity index (χ3n) is 4.10. The van der Waals surface area contributed by atoms with Crippen molar-refractivity contribution in [2.75, 3.05) is 39.9 Å². The largest absolute Gasteiger partial charge is 0.383 e. The molecule has 20 heavy (non-hydrogen) atoms. The molecule has 0 bridgehead atoms. The molecule has 1 amide bonds. The molecule has 5 nitrogen and oxygen atoms in total. The smallest absolute Gasteiger partial charge is 0.241 e. The minimum absolute atomic E-state index is 0.